The van der Waals surface area contributed by atoms with Crippen LogP contribution in [0.4, 0.5) is 0 Å². The number of hydrogen-bond donors (Lipinski definition) is 4. The van der Waals surface area contributed by atoms with Crippen LogP contribution in [0.3, 0.4) is 0 Å². The second-order valence-corrected chi connectivity index (χ2v) is 4.79. The van der Waals surface area contributed by atoms with Gasteiger partial charge in [0.2, 0.25) is 5.91 Å². The molecule has 0 spiro atoms. The fraction of sp³-hybridized carbons (Fsp3) is 0.273. The monoisotopic (exact) mass is 250 g/mol. The average molecular weight is 250 g/mol. The van der Waals surface area contributed by atoms with Gasteiger partial charge >= 0.3 is 0 Å². The van der Waals surface area contributed by atoms with Gasteiger partial charge in [0.15, 0.2) is 0 Å². The zero-order valence-corrected chi connectivity index (χ0v) is 10.0. The van der Waals surface area contributed by atoms with Crippen LogP contribution >= 0.6 is 11.3 Å². The van der Waals surface area contributed by atoms with Gasteiger partial charge in [0.25, 0.3) is 0 Å². The molecule has 1 aromatic heterocycles. The molecular formula is C11H14N4OS. The molecule has 17 heavy (non-hydrogen) atoms. The first-order valence-electron chi connectivity index (χ1n) is 5.27. The quantitative estimate of drug-likeness (QED) is 0.464. The van der Waals surface area contributed by atoms with E-state index in [1.807, 2.05) is 17.5 Å². The van der Waals surface area contributed by atoms with Crippen molar-refractivity contribution >= 4 is 23.1 Å². The van der Waals surface area contributed by atoms with E-state index in [0.29, 0.717) is 12.1 Å². The molecule has 0 aliphatic carbocycles. The van der Waals surface area contributed by atoms with E-state index < -0.39 is 0 Å². The third-order valence-corrected chi connectivity index (χ3v) is 3.44. The van der Waals surface area contributed by atoms with Crippen LogP contribution in [0.2, 0.25) is 0 Å². The maximum atomic E-state index is 11.7. The minimum atomic E-state index is -0.151. The van der Waals surface area contributed by atoms with E-state index in [1.165, 1.54) is 11.3 Å². The minimum Gasteiger partial charge on any atom is -0.384 e. The molecule has 1 atom stereocenters. The maximum Gasteiger partial charge on any atom is 0.243 e. The van der Waals surface area contributed by atoms with Crippen LogP contribution in [-0.2, 0) is 11.3 Å². The number of amides is 1. The molecule has 0 saturated heterocycles. The van der Waals surface area contributed by atoms with Gasteiger partial charge in [-0.2, -0.15) is 0 Å². The number of thiophene rings is 1. The van der Waals surface area contributed by atoms with Gasteiger partial charge < -0.3 is 16.4 Å². The Hall–Kier alpha value is -1.82. The zero-order chi connectivity index (χ0) is 12.3. The Morgan fingerprint density at radius 1 is 1.71 bits per heavy atom. The highest BCUT2D eigenvalue weighted by atomic mass is 32.1. The lowest BCUT2D eigenvalue weighted by Gasteiger charge is -2.10. The summed E-state index contributed by atoms with van der Waals surface area (Å²) in [5.74, 6) is 0.0493. The van der Waals surface area contributed by atoms with Crippen molar-refractivity contribution in [2.75, 3.05) is 0 Å². The third kappa shape index (κ3) is 2.85. The lowest BCUT2D eigenvalue weighted by Crippen LogP contribution is -2.39. The number of carbonyl (C=O) groups excluding carboxylic acids is 1. The predicted molar refractivity (Wildman–Crippen MR) is 67.9 cm³/mol. The van der Waals surface area contributed by atoms with Crippen molar-refractivity contribution in [1.82, 2.24) is 10.6 Å². The molecule has 1 aromatic rings. The van der Waals surface area contributed by atoms with Gasteiger partial charge in [0.05, 0.1) is 6.54 Å². The van der Waals surface area contributed by atoms with E-state index in [4.69, 9.17) is 11.1 Å². The Morgan fingerprint density at radius 3 is 3.12 bits per heavy atom. The number of carbonyl (C=O) groups is 1. The van der Waals surface area contributed by atoms with E-state index >= 15 is 0 Å². The van der Waals surface area contributed by atoms with Gasteiger partial charge in [0.1, 0.15) is 11.9 Å². The fourth-order valence-corrected chi connectivity index (χ4v) is 2.37. The number of nitrogens with two attached hydrogens (primary N) is 1. The van der Waals surface area contributed by atoms with E-state index in [1.54, 1.807) is 6.20 Å². The summed E-state index contributed by atoms with van der Waals surface area (Å²) in [5, 5.41) is 14.9. The standard InChI is InChI=1S/C11H14N4OS/c12-10(13)7-4-8(17-6-7)5-15-11(16)9-2-1-3-14-9/h1,3-4,6,9,14H,2,5H2,(H3,12,13)(H,15,16)/t9-/m0/s1. The molecule has 90 valence electrons. The molecule has 1 amide bonds. The molecular weight excluding hydrogens is 236 g/mol. The summed E-state index contributed by atoms with van der Waals surface area (Å²) in [6.45, 7) is 0.481. The van der Waals surface area contributed by atoms with Crippen LogP contribution in [0.15, 0.2) is 23.7 Å². The highest BCUT2D eigenvalue weighted by Crippen LogP contribution is 2.14. The van der Waals surface area contributed by atoms with Crippen molar-refractivity contribution in [2.45, 2.75) is 19.0 Å². The molecule has 0 bridgehead atoms. The largest absolute Gasteiger partial charge is 0.384 e. The predicted octanol–water partition coefficient (Wildman–Crippen LogP) is 0.524. The number of amidine groups is 1. The summed E-state index contributed by atoms with van der Waals surface area (Å²) < 4.78 is 0. The molecule has 5 N–H and O–H groups in total. The van der Waals surface area contributed by atoms with Crippen LogP contribution in [0.5, 0.6) is 0 Å². The molecule has 0 unspecified atom stereocenters. The van der Waals surface area contributed by atoms with Gasteiger partial charge in [-0.05, 0) is 18.7 Å². The van der Waals surface area contributed by atoms with Crippen molar-refractivity contribution in [3.05, 3.63) is 34.2 Å². The molecule has 2 rings (SSSR count). The number of rotatable bonds is 4. The van der Waals surface area contributed by atoms with E-state index in [-0.39, 0.29) is 17.8 Å². The van der Waals surface area contributed by atoms with Gasteiger partial charge in [-0.15, -0.1) is 11.3 Å². The Labute approximate surface area is 103 Å². The van der Waals surface area contributed by atoms with Crippen LogP contribution in [0.1, 0.15) is 16.9 Å². The first-order valence-corrected chi connectivity index (χ1v) is 6.15. The summed E-state index contributed by atoms with van der Waals surface area (Å²) >= 11 is 1.49. The highest BCUT2D eigenvalue weighted by molar-refractivity contribution is 7.10. The van der Waals surface area contributed by atoms with Crippen molar-refractivity contribution in [3.63, 3.8) is 0 Å². The first-order chi connectivity index (χ1) is 8.16. The topological polar surface area (TPSA) is 91.0 Å². The van der Waals surface area contributed by atoms with Crippen LogP contribution < -0.4 is 16.4 Å². The number of hydrogen-bond acceptors (Lipinski definition) is 4. The molecule has 2 heterocycles. The minimum absolute atomic E-state index is 0.00669. The normalized spacial score (nSPS) is 17.8. The smallest absolute Gasteiger partial charge is 0.243 e. The molecule has 0 fully saturated rings. The van der Waals surface area contributed by atoms with Crippen LogP contribution in [0.25, 0.3) is 0 Å². The number of nitrogen functional groups attached to an aromatic ring is 1. The maximum absolute atomic E-state index is 11.7. The van der Waals surface area contributed by atoms with Crippen LogP contribution in [0, 0.1) is 5.41 Å². The lowest BCUT2D eigenvalue weighted by molar-refractivity contribution is -0.122. The van der Waals surface area contributed by atoms with E-state index in [0.717, 1.165) is 11.3 Å². The highest BCUT2D eigenvalue weighted by Gasteiger charge is 2.18. The molecule has 0 saturated carbocycles. The fourth-order valence-electron chi connectivity index (χ4n) is 1.55. The second kappa shape index (κ2) is 5.01. The number of nitrogens with one attached hydrogen (secondary N) is 3. The van der Waals surface area contributed by atoms with Crippen LogP contribution in [-0.4, -0.2) is 17.8 Å². The summed E-state index contributed by atoms with van der Waals surface area (Å²) in [7, 11) is 0. The molecule has 0 radical (unpaired) electrons. The molecule has 1 aliphatic rings. The van der Waals surface area contributed by atoms with Gasteiger partial charge in [-0.3, -0.25) is 10.2 Å². The van der Waals surface area contributed by atoms with Gasteiger partial charge in [-0.1, -0.05) is 6.08 Å². The Kier molecular flexibility index (Phi) is 3.43. The van der Waals surface area contributed by atoms with Crippen molar-refractivity contribution in [2.24, 2.45) is 5.73 Å². The van der Waals surface area contributed by atoms with Crippen molar-refractivity contribution < 1.29 is 4.79 Å². The first kappa shape index (κ1) is 11.7. The summed E-state index contributed by atoms with van der Waals surface area (Å²) in [4.78, 5) is 12.7. The average Bonchev–Trinajstić information content (AvgIpc) is 2.97. The van der Waals surface area contributed by atoms with E-state index in [2.05, 4.69) is 10.6 Å². The SMILES string of the molecule is N=C(N)c1csc(CNC(=O)[C@@H]2CC=CN2)c1. The summed E-state index contributed by atoms with van der Waals surface area (Å²) in [6, 6.07) is 1.68. The lowest BCUT2D eigenvalue weighted by atomic mass is 10.2. The van der Waals surface area contributed by atoms with Gasteiger partial charge in [-0.25, -0.2) is 0 Å². The molecule has 5 nitrogen and oxygen atoms in total. The molecule has 0 aromatic carbocycles. The van der Waals surface area contributed by atoms with Gasteiger partial charge in [0, 0.05) is 15.8 Å². The third-order valence-electron chi connectivity index (χ3n) is 2.51. The van der Waals surface area contributed by atoms with Crippen molar-refractivity contribution in [3.8, 4) is 0 Å². The van der Waals surface area contributed by atoms with E-state index in [9.17, 15) is 4.79 Å². The Balaban J connectivity index is 1.84. The zero-order valence-electron chi connectivity index (χ0n) is 9.19. The molecule has 1 aliphatic heterocycles. The second-order valence-electron chi connectivity index (χ2n) is 3.79. The van der Waals surface area contributed by atoms with Crippen molar-refractivity contribution in [1.29, 1.82) is 5.41 Å². The Morgan fingerprint density at radius 2 is 2.53 bits per heavy atom. The summed E-state index contributed by atoms with van der Waals surface area (Å²) in [5.41, 5.74) is 6.08. The Bertz CT molecular complexity index is 458. The molecule has 6 heteroatoms. The summed E-state index contributed by atoms with van der Waals surface area (Å²) in [6.07, 6.45) is 4.46.